The van der Waals surface area contributed by atoms with Gasteiger partial charge in [-0.3, -0.25) is 4.79 Å². The van der Waals surface area contributed by atoms with Crippen molar-refractivity contribution >= 4 is 11.4 Å². The van der Waals surface area contributed by atoms with E-state index in [1.807, 2.05) is 0 Å². The van der Waals surface area contributed by atoms with Gasteiger partial charge in [-0.2, -0.15) is 0 Å². The Bertz CT molecular complexity index is 2950. The predicted octanol–water partition coefficient (Wildman–Crippen LogP) is 15.6. The van der Waals surface area contributed by atoms with Crippen LogP contribution in [-0.2, 0) is 10.2 Å². The first kappa shape index (κ1) is 39.7. The van der Waals surface area contributed by atoms with Gasteiger partial charge in [-0.15, -0.1) is 0 Å². The van der Waals surface area contributed by atoms with Crippen LogP contribution in [-0.4, -0.2) is 5.78 Å². The number of carbonyl (C=O) groups is 1. The van der Waals surface area contributed by atoms with Crippen LogP contribution in [0.2, 0.25) is 0 Å². The summed E-state index contributed by atoms with van der Waals surface area (Å²) in [5, 5.41) is 0. The Morgan fingerprint density at radius 3 is 1.42 bits per heavy atom. The van der Waals surface area contributed by atoms with Crippen LogP contribution < -0.4 is 0 Å². The molecule has 0 saturated heterocycles. The zero-order chi connectivity index (χ0) is 44.4. The molecule has 334 valence electrons. The summed E-state index contributed by atoms with van der Waals surface area (Å²) >= 11 is 0. The van der Waals surface area contributed by atoms with Crippen LogP contribution >= 0.6 is 0 Å². The van der Waals surface area contributed by atoms with E-state index in [9.17, 15) is 0 Å². The van der Waals surface area contributed by atoms with Crippen molar-refractivity contribution in [1.82, 2.24) is 0 Å². The van der Waals surface area contributed by atoms with Gasteiger partial charge in [0.1, 0.15) is 5.78 Å². The highest BCUT2D eigenvalue weighted by Crippen LogP contribution is 2.78. The van der Waals surface area contributed by atoms with E-state index in [1.54, 1.807) is 11.1 Å². The van der Waals surface area contributed by atoms with Crippen molar-refractivity contribution < 1.29 is 4.79 Å². The topological polar surface area (TPSA) is 17.1 Å². The van der Waals surface area contributed by atoms with Gasteiger partial charge < -0.3 is 0 Å². The van der Waals surface area contributed by atoms with E-state index < -0.39 is 0 Å². The van der Waals surface area contributed by atoms with E-state index in [0.717, 1.165) is 47.0 Å². The van der Waals surface area contributed by atoms with Gasteiger partial charge in [-0.1, -0.05) is 173 Å². The first-order chi connectivity index (χ1) is 32.9. The van der Waals surface area contributed by atoms with Gasteiger partial charge in [0.15, 0.2) is 0 Å². The minimum Gasteiger partial charge on any atom is -0.298 e. The van der Waals surface area contributed by atoms with Crippen molar-refractivity contribution in [3.63, 3.8) is 0 Å². The number of benzene rings is 6. The van der Waals surface area contributed by atoms with Crippen LogP contribution in [0.5, 0.6) is 0 Å². The minimum absolute atomic E-state index is 0.0697. The second kappa shape index (κ2) is 14.4. The van der Waals surface area contributed by atoms with Gasteiger partial charge in [0.2, 0.25) is 0 Å². The smallest absolute Gasteiger partial charge is 0.148 e. The molecule has 0 N–H and O–H groups in total. The summed E-state index contributed by atoms with van der Waals surface area (Å²) in [5.74, 6) is 9.62. The van der Waals surface area contributed by atoms with Crippen molar-refractivity contribution in [2.45, 2.75) is 94.3 Å². The summed E-state index contributed by atoms with van der Waals surface area (Å²) in [6, 6.07) is 56.4. The molecule has 1 heteroatoms. The van der Waals surface area contributed by atoms with E-state index in [2.05, 4.69) is 166 Å². The molecule has 1 nitrogen and oxygen atoms in total. The molecular formula is C66H64O. The zero-order valence-corrected chi connectivity index (χ0v) is 39.4. The van der Waals surface area contributed by atoms with E-state index in [4.69, 9.17) is 0 Å². The molecule has 6 aromatic carbocycles. The average molecular weight is 873 g/mol. The molecule has 9 aliphatic rings. The highest BCUT2D eigenvalue weighted by molar-refractivity contribution is 6.02. The number of carbonyl (C=O) groups excluding carboxylic acids is 1. The Balaban J connectivity index is 0.882. The van der Waals surface area contributed by atoms with Crippen LogP contribution in [0, 0.1) is 71.0 Å². The lowest BCUT2D eigenvalue weighted by molar-refractivity contribution is -0.121. The molecule has 15 rings (SSSR count). The third kappa shape index (κ3) is 5.25. The summed E-state index contributed by atoms with van der Waals surface area (Å²) < 4.78 is 0. The number of ketones is 1. The number of hydrogen-bond acceptors (Lipinski definition) is 1. The minimum atomic E-state index is -0.103. The normalized spacial score (nSPS) is 37.4. The lowest BCUT2D eigenvalue weighted by atomic mass is 9.49. The van der Waals surface area contributed by atoms with Crippen molar-refractivity contribution in [2.24, 2.45) is 71.0 Å². The molecule has 6 aromatic rings. The van der Waals surface area contributed by atoms with Gasteiger partial charge in [-0.25, -0.2) is 0 Å². The molecule has 0 radical (unpaired) electrons. The molecule has 67 heavy (non-hydrogen) atoms. The lowest BCUT2D eigenvalue weighted by Crippen LogP contribution is -2.46. The number of fused-ring (bicyclic) bond motifs is 13. The van der Waals surface area contributed by atoms with Crippen LogP contribution in [0.15, 0.2) is 152 Å². The van der Waals surface area contributed by atoms with Crippen molar-refractivity contribution in [3.8, 4) is 22.3 Å². The number of rotatable bonds is 4. The van der Waals surface area contributed by atoms with Gasteiger partial charge in [0.05, 0.1) is 0 Å². The quantitative estimate of drug-likeness (QED) is 0.172. The maximum Gasteiger partial charge on any atom is 0.148 e. The molecule has 9 aliphatic carbocycles. The maximum atomic E-state index is 16.1. The van der Waals surface area contributed by atoms with Crippen LogP contribution in [0.3, 0.4) is 0 Å². The van der Waals surface area contributed by atoms with E-state index in [0.29, 0.717) is 47.2 Å². The van der Waals surface area contributed by atoms with Crippen molar-refractivity contribution in [3.05, 3.63) is 197 Å². The molecule has 16 unspecified atom stereocenters. The average Bonchev–Trinajstić information content (AvgIpc) is 4.11. The van der Waals surface area contributed by atoms with Crippen molar-refractivity contribution in [2.75, 3.05) is 0 Å². The lowest BCUT2D eigenvalue weighted by Gasteiger charge is -2.55. The Kier molecular flexibility index (Phi) is 8.52. The van der Waals surface area contributed by atoms with Gasteiger partial charge in [0, 0.05) is 17.3 Å². The molecule has 0 aromatic heterocycles. The van der Waals surface area contributed by atoms with Crippen LogP contribution in [0.4, 0.5) is 0 Å². The van der Waals surface area contributed by atoms with Gasteiger partial charge >= 0.3 is 0 Å². The highest BCUT2D eigenvalue weighted by Gasteiger charge is 2.72. The maximum absolute atomic E-state index is 16.1. The van der Waals surface area contributed by atoms with Gasteiger partial charge in [-0.05, 0) is 200 Å². The van der Waals surface area contributed by atoms with Crippen molar-refractivity contribution in [1.29, 1.82) is 0 Å². The van der Waals surface area contributed by atoms with E-state index in [1.165, 1.54) is 107 Å². The summed E-state index contributed by atoms with van der Waals surface area (Å²) in [6.07, 6.45) is 10.8. The highest BCUT2D eigenvalue weighted by atomic mass is 16.1. The molecule has 0 amide bonds. The molecule has 16 atom stereocenters. The standard InChI is InChI=1S/C66H64O/c1-36-41-20-10-11-21-42(41)43-28-26-39(34-52(36)43)57-63-50-32-30-48-59-49(62-56(38-18-8-5-9-19-38)47-24-13-12-23-46(47)55(61(48)62)37-16-6-4-7-17-37)31-33-51(60(50)59)64(63)58(65(57)67)40-27-29-45-44-22-14-15-25-53(44)66(2,3)54(45)35-40/h4-11,14-22,25-29,34-35,46-51,55-64H,1,12-13,23-24,30-33H2,2-3H3. The first-order valence-corrected chi connectivity index (χ1v) is 26.7. The van der Waals surface area contributed by atoms with Crippen LogP contribution in [0.25, 0.3) is 27.8 Å². The van der Waals surface area contributed by atoms with E-state index >= 15 is 4.79 Å². The number of Topliss-reactive ketones (excluding diaryl/α,β-unsaturated/α-hetero) is 1. The Morgan fingerprint density at radius 2 is 0.836 bits per heavy atom. The number of hydrogen-bond donors (Lipinski definition) is 0. The summed E-state index contributed by atoms with van der Waals surface area (Å²) in [6.45, 7) is 9.50. The second-order valence-electron chi connectivity index (χ2n) is 23.9. The van der Waals surface area contributed by atoms with E-state index in [-0.39, 0.29) is 17.3 Å². The fourth-order valence-corrected chi connectivity index (χ4v) is 19.8. The molecule has 0 aliphatic heterocycles. The fraction of sp³-hybridized carbons (Fsp3) is 0.409. The Hall–Kier alpha value is -5.27. The predicted molar refractivity (Wildman–Crippen MR) is 272 cm³/mol. The summed E-state index contributed by atoms with van der Waals surface area (Å²) in [4.78, 5) is 16.1. The molecule has 7 saturated carbocycles. The summed E-state index contributed by atoms with van der Waals surface area (Å²) in [7, 11) is 0. The van der Waals surface area contributed by atoms with Crippen LogP contribution in [0.1, 0.15) is 133 Å². The monoisotopic (exact) mass is 872 g/mol. The molecule has 0 spiro atoms. The fourth-order valence-electron chi connectivity index (χ4n) is 19.8. The SMILES string of the molecule is C=C1c2ccccc2-c2ccc(C3C(=O)C(c4ccc5c(c4)C(C)(C)c4ccccc4-5)C4C5CCC6C7C(CCC(C34)C57)C3C(c4ccccc4)C4CCCCC4C(c4ccccc4)C63)cc21. The summed E-state index contributed by atoms with van der Waals surface area (Å²) in [5.41, 5.74) is 17.5. The molecular weight excluding hydrogens is 809 g/mol. The molecule has 0 heterocycles. The third-order valence-electron chi connectivity index (χ3n) is 21.6. The van der Waals surface area contributed by atoms with Gasteiger partial charge in [0.25, 0.3) is 0 Å². The first-order valence-electron chi connectivity index (χ1n) is 26.7. The Morgan fingerprint density at radius 1 is 0.388 bits per heavy atom. The second-order valence-corrected chi connectivity index (χ2v) is 23.9. The third-order valence-corrected chi connectivity index (χ3v) is 21.6. The molecule has 7 fully saturated rings. The Labute approximate surface area is 398 Å². The largest absolute Gasteiger partial charge is 0.298 e. The molecule has 0 bridgehead atoms. The zero-order valence-electron chi connectivity index (χ0n) is 39.4.